The Balaban J connectivity index is 1.75. The molecule has 0 saturated heterocycles. The van der Waals surface area contributed by atoms with Crippen LogP contribution in [0.5, 0.6) is 0 Å². The van der Waals surface area contributed by atoms with E-state index in [-0.39, 0.29) is 5.91 Å². The Hall–Kier alpha value is -1.79. The molecule has 112 valence electrons. The second-order valence-corrected chi connectivity index (χ2v) is 5.69. The maximum Gasteiger partial charge on any atom is 0.220 e. The van der Waals surface area contributed by atoms with Gasteiger partial charge in [-0.3, -0.25) is 4.79 Å². The molecular weight excluding hydrogens is 260 g/mol. The molecule has 0 unspecified atom stereocenters. The Kier molecular flexibility index (Phi) is 6.30. The van der Waals surface area contributed by atoms with E-state index in [1.54, 1.807) is 0 Å². The molecule has 3 heteroatoms. The van der Waals surface area contributed by atoms with E-state index < -0.39 is 0 Å². The SMILES string of the molecule is NCC#Cc1ccc(CNC(=O)CC2CCCCC2)cc1. The first kappa shape index (κ1) is 15.6. The summed E-state index contributed by atoms with van der Waals surface area (Å²) < 4.78 is 0. The summed E-state index contributed by atoms with van der Waals surface area (Å²) in [6, 6.07) is 7.93. The molecule has 3 N–H and O–H groups in total. The van der Waals surface area contributed by atoms with Crippen LogP contribution >= 0.6 is 0 Å². The van der Waals surface area contributed by atoms with Gasteiger partial charge < -0.3 is 11.1 Å². The Bertz CT molecular complexity index is 504. The Labute approximate surface area is 127 Å². The van der Waals surface area contributed by atoms with Gasteiger partial charge in [0.05, 0.1) is 6.54 Å². The molecule has 1 amide bonds. The second-order valence-electron chi connectivity index (χ2n) is 5.69. The highest BCUT2D eigenvalue weighted by molar-refractivity contribution is 5.76. The monoisotopic (exact) mass is 284 g/mol. The number of amides is 1. The van der Waals surface area contributed by atoms with Gasteiger partial charge in [-0.2, -0.15) is 0 Å². The number of rotatable bonds is 4. The van der Waals surface area contributed by atoms with Crippen LogP contribution in [0.1, 0.15) is 49.7 Å². The van der Waals surface area contributed by atoms with E-state index >= 15 is 0 Å². The van der Waals surface area contributed by atoms with Gasteiger partial charge >= 0.3 is 0 Å². The minimum Gasteiger partial charge on any atom is -0.352 e. The fraction of sp³-hybridized carbons (Fsp3) is 0.500. The summed E-state index contributed by atoms with van der Waals surface area (Å²) >= 11 is 0. The van der Waals surface area contributed by atoms with Crippen molar-refractivity contribution >= 4 is 5.91 Å². The highest BCUT2D eigenvalue weighted by atomic mass is 16.1. The van der Waals surface area contributed by atoms with Crippen LogP contribution in [-0.2, 0) is 11.3 Å². The van der Waals surface area contributed by atoms with Crippen molar-refractivity contribution in [3.8, 4) is 11.8 Å². The van der Waals surface area contributed by atoms with Crippen LogP contribution in [0.15, 0.2) is 24.3 Å². The van der Waals surface area contributed by atoms with Crippen molar-refractivity contribution in [1.82, 2.24) is 5.32 Å². The van der Waals surface area contributed by atoms with E-state index in [2.05, 4.69) is 17.2 Å². The Morgan fingerprint density at radius 3 is 2.57 bits per heavy atom. The van der Waals surface area contributed by atoms with E-state index in [0.29, 0.717) is 25.4 Å². The summed E-state index contributed by atoms with van der Waals surface area (Å²) in [5.41, 5.74) is 7.40. The van der Waals surface area contributed by atoms with E-state index in [1.165, 1.54) is 32.1 Å². The molecule has 1 fully saturated rings. The average molecular weight is 284 g/mol. The molecule has 1 aliphatic carbocycles. The lowest BCUT2D eigenvalue weighted by molar-refractivity contribution is -0.122. The summed E-state index contributed by atoms with van der Waals surface area (Å²) in [7, 11) is 0. The Morgan fingerprint density at radius 2 is 1.90 bits per heavy atom. The minimum absolute atomic E-state index is 0.175. The molecule has 2 rings (SSSR count). The molecular formula is C18H24N2O. The number of carbonyl (C=O) groups excluding carboxylic acids is 1. The third-order valence-electron chi connectivity index (χ3n) is 3.98. The largest absolute Gasteiger partial charge is 0.352 e. The maximum atomic E-state index is 11.9. The second kappa shape index (κ2) is 8.49. The third kappa shape index (κ3) is 5.61. The van der Waals surface area contributed by atoms with Crippen molar-refractivity contribution in [1.29, 1.82) is 0 Å². The number of benzene rings is 1. The quantitative estimate of drug-likeness (QED) is 0.835. The highest BCUT2D eigenvalue weighted by Gasteiger charge is 2.16. The lowest BCUT2D eigenvalue weighted by Gasteiger charge is -2.20. The molecule has 0 aliphatic heterocycles. The molecule has 0 spiro atoms. The van der Waals surface area contributed by atoms with Crippen molar-refractivity contribution in [2.24, 2.45) is 11.7 Å². The zero-order valence-corrected chi connectivity index (χ0v) is 12.5. The van der Waals surface area contributed by atoms with Crippen LogP contribution in [0.2, 0.25) is 0 Å². The number of nitrogens with one attached hydrogen (secondary N) is 1. The van der Waals surface area contributed by atoms with Gasteiger partial charge in [-0.05, 0) is 36.5 Å². The summed E-state index contributed by atoms with van der Waals surface area (Å²) in [6.07, 6.45) is 6.99. The van der Waals surface area contributed by atoms with Crippen molar-refractivity contribution in [3.05, 3.63) is 35.4 Å². The van der Waals surface area contributed by atoms with E-state index in [4.69, 9.17) is 5.73 Å². The maximum absolute atomic E-state index is 11.9. The zero-order valence-electron chi connectivity index (χ0n) is 12.5. The van der Waals surface area contributed by atoms with Gasteiger partial charge in [0.25, 0.3) is 0 Å². The van der Waals surface area contributed by atoms with Gasteiger partial charge in [-0.25, -0.2) is 0 Å². The van der Waals surface area contributed by atoms with Crippen molar-refractivity contribution in [3.63, 3.8) is 0 Å². The van der Waals surface area contributed by atoms with Crippen LogP contribution in [0.25, 0.3) is 0 Å². The van der Waals surface area contributed by atoms with Gasteiger partial charge in [0, 0.05) is 18.5 Å². The van der Waals surface area contributed by atoms with Gasteiger partial charge in [-0.15, -0.1) is 0 Å². The lowest BCUT2D eigenvalue weighted by Crippen LogP contribution is -2.25. The number of carbonyl (C=O) groups is 1. The fourth-order valence-corrected chi connectivity index (χ4v) is 2.79. The van der Waals surface area contributed by atoms with Crippen molar-refractivity contribution < 1.29 is 4.79 Å². The molecule has 0 radical (unpaired) electrons. The first-order valence-electron chi connectivity index (χ1n) is 7.82. The predicted octanol–water partition coefficient (Wildman–Crippen LogP) is 2.58. The topological polar surface area (TPSA) is 55.1 Å². The highest BCUT2D eigenvalue weighted by Crippen LogP contribution is 2.26. The normalized spacial score (nSPS) is 15.1. The molecule has 1 aliphatic rings. The molecule has 3 nitrogen and oxygen atoms in total. The first-order chi connectivity index (χ1) is 10.3. The summed E-state index contributed by atoms with van der Waals surface area (Å²) in [4.78, 5) is 11.9. The number of hydrogen-bond donors (Lipinski definition) is 2. The van der Waals surface area contributed by atoms with Crippen LogP contribution < -0.4 is 11.1 Å². The molecule has 0 aromatic heterocycles. The Morgan fingerprint density at radius 1 is 1.19 bits per heavy atom. The molecule has 1 aromatic carbocycles. The van der Waals surface area contributed by atoms with Gasteiger partial charge in [-0.1, -0.05) is 43.2 Å². The third-order valence-corrected chi connectivity index (χ3v) is 3.98. The van der Waals surface area contributed by atoms with Crippen LogP contribution in [0.3, 0.4) is 0 Å². The molecule has 0 atom stereocenters. The summed E-state index contributed by atoms with van der Waals surface area (Å²) in [5, 5.41) is 3.01. The zero-order chi connectivity index (χ0) is 14.9. The predicted molar refractivity (Wildman–Crippen MR) is 85.4 cm³/mol. The van der Waals surface area contributed by atoms with Crippen LogP contribution in [0.4, 0.5) is 0 Å². The van der Waals surface area contributed by atoms with Crippen LogP contribution in [0, 0.1) is 17.8 Å². The fourth-order valence-electron chi connectivity index (χ4n) is 2.79. The van der Waals surface area contributed by atoms with E-state index in [1.807, 2.05) is 24.3 Å². The smallest absolute Gasteiger partial charge is 0.220 e. The first-order valence-corrected chi connectivity index (χ1v) is 7.82. The summed E-state index contributed by atoms with van der Waals surface area (Å²) in [5.74, 6) is 6.58. The lowest BCUT2D eigenvalue weighted by atomic mass is 9.87. The molecule has 21 heavy (non-hydrogen) atoms. The van der Waals surface area contributed by atoms with Gasteiger partial charge in [0.15, 0.2) is 0 Å². The van der Waals surface area contributed by atoms with Crippen LogP contribution in [-0.4, -0.2) is 12.5 Å². The standard InChI is InChI=1S/C18H24N2O/c19-12-4-7-15-8-10-17(11-9-15)14-20-18(21)13-16-5-2-1-3-6-16/h8-11,16H,1-3,5-6,12-14,19H2,(H,20,21). The molecule has 0 bridgehead atoms. The van der Waals surface area contributed by atoms with Crippen molar-refractivity contribution in [2.75, 3.05) is 6.54 Å². The van der Waals surface area contributed by atoms with E-state index in [0.717, 1.165) is 11.1 Å². The molecule has 0 heterocycles. The number of nitrogens with two attached hydrogens (primary N) is 1. The molecule has 1 saturated carbocycles. The van der Waals surface area contributed by atoms with E-state index in [9.17, 15) is 4.79 Å². The average Bonchev–Trinajstić information content (AvgIpc) is 2.53. The summed E-state index contributed by atoms with van der Waals surface area (Å²) in [6.45, 7) is 0.967. The minimum atomic E-state index is 0.175. The van der Waals surface area contributed by atoms with Crippen molar-refractivity contribution in [2.45, 2.75) is 45.1 Å². The number of hydrogen-bond acceptors (Lipinski definition) is 2. The van der Waals surface area contributed by atoms with Gasteiger partial charge in [0.1, 0.15) is 0 Å². The molecule has 1 aromatic rings. The van der Waals surface area contributed by atoms with Gasteiger partial charge in [0.2, 0.25) is 5.91 Å².